The molecule has 0 amide bonds. The van der Waals surface area contributed by atoms with E-state index in [9.17, 15) is 8.78 Å². The summed E-state index contributed by atoms with van der Waals surface area (Å²) in [4.78, 5) is 0. The lowest BCUT2D eigenvalue weighted by Crippen LogP contribution is -2.06. The summed E-state index contributed by atoms with van der Waals surface area (Å²) in [6.45, 7) is 1.49. The third-order valence-corrected chi connectivity index (χ3v) is 2.30. The Morgan fingerprint density at radius 3 is 2.73 bits per heavy atom. The second-order valence-electron chi connectivity index (χ2n) is 3.48. The van der Waals surface area contributed by atoms with Crippen LogP contribution in [0.2, 0.25) is 0 Å². The SMILES string of the molecule is Cc1ccc(C/C(=C/CF)CN)cc1F. The Kier molecular flexibility index (Phi) is 4.43. The second kappa shape index (κ2) is 5.61. The van der Waals surface area contributed by atoms with Crippen LogP contribution in [0.4, 0.5) is 8.78 Å². The first-order valence-electron chi connectivity index (χ1n) is 4.86. The first-order valence-corrected chi connectivity index (χ1v) is 4.86. The summed E-state index contributed by atoms with van der Waals surface area (Å²) in [5.41, 5.74) is 7.67. The van der Waals surface area contributed by atoms with E-state index >= 15 is 0 Å². The van der Waals surface area contributed by atoms with E-state index in [0.717, 1.165) is 11.1 Å². The predicted octanol–water partition coefficient (Wildman–Crippen LogP) is 2.53. The maximum Gasteiger partial charge on any atom is 0.126 e. The fourth-order valence-electron chi connectivity index (χ4n) is 1.35. The van der Waals surface area contributed by atoms with Crippen LogP contribution in [-0.2, 0) is 6.42 Å². The molecule has 1 rings (SSSR count). The number of hydrogen-bond donors (Lipinski definition) is 1. The quantitative estimate of drug-likeness (QED) is 0.761. The van der Waals surface area contributed by atoms with E-state index in [-0.39, 0.29) is 5.82 Å². The van der Waals surface area contributed by atoms with Gasteiger partial charge < -0.3 is 5.73 Å². The lowest BCUT2D eigenvalue weighted by molar-refractivity contribution is 0.558. The zero-order chi connectivity index (χ0) is 11.3. The smallest absolute Gasteiger partial charge is 0.126 e. The number of aryl methyl sites for hydroxylation is 1. The molecule has 1 aromatic carbocycles. The second-order valence-corrected chi connectivity index (χ2v) is 3.48. The van der Waals surface area contributed by atoms with Crippen LogP contribution in [0, 0.1) is 12.7 Å². The van der Waals surface area contributed by atoms with Crippen LogP contribution in [0.1, 0.15) is 11.1 Å². The maximum absolute atomic E-state index is 13.2. The summed E-state index contributed by atoms with van der Waals surface area (Å²) >= 11 is 0. The summed E-state index contributed by atoms with van der Waals surface area (Å²) in [7, 11) is 0. The van der Waals surface area contributed by atoms with Crippen LogP contribution in [0.3, 0.4) is 0 Å². The van der Waals surface area contributed by atoms with Gasteiger partial charge in [0, 0.05) is 6.54 Å². The van der Waals surface area contributed by atoms with Gasteiger partial charge in [0.15, 0.2) is 0 Å². The van der Waals surface area contributed by atoms with Crippen LogP contribution in [0.5, 0.6) is 0 Å². The molecule has 0 aliphatic heterocycles. The average molecular weight is 211 g/mol. The Morgan fingerprint density at radius 1 is 1.47 bits per heavy atom. The number of benzene rings is 1. The van der Waals surface area contributed by atoms with Crippen molar-refractivity contribution in [3.8, 4) is 0 Å². The summed E-state index contributed by atoms with van der Waals surface area (Å²) < 4.78 is 25.3. The maximum atomic E-state index is 13.2. The monoisotopic (exact) mass is 211 g/mol. The number of hydrogen-bond acceptors (Lipinski definition) is 1. The van der Waals surface area contributed by atoms with E-state index in [2.05, 4.69) is 0 Å². The molecular formula is C12H15F2N. The molecule has 2 N–H and O–H groups in total. The van der Waals surface area contributed by atoms with Crippen molar-refractivity contribution in [3.63, 3.8) is 0 Å². The molecule has 0 aliphatic carbocycles. The van der Waals surface area contributed by atoms with Crippen molar-refractivity contribution >= 4 is 0 Å². The van der Waals surface area contributed by atoms with Crippen molar-refractivity contribution < 1.29 is 8.78 Å². The van der Waals surface area contributed by atoms with Gasteiger partial charge in [-0.3, -0.25) is 0 Å². The van der Waals surface area contributed by atoms with Gasteiger partial charge in [-0.2, -0.15) is 0 Å². The molecule has 82 valence electrons. The normalized spacial score (nSPS) is 11.9. The zero-order valence-electron chi connectivity index (χ0n) is 8.76. The standard InChI is InChI=1S/C12H15F2N/c1-9-2-3-10(7-12(9)14)6-11(8-15)4-5-13/h2-4,7H,5-6,8,15H2,1H3/b11-4-. The van der Waals surface area contributed by atoms with E-state index in [1.807, 2.05) is 6.07 Å². The summed E-state index contributed by atoms with van der Waals surface area (Å²) in [5.74, 6) is -0.232. The molecule has 0 saturated carbocycles. The summed E-state index contributed by atoms with van der Waals surface area (Å²) in [6.07, 6.45) is 1.95. The molecule has 3 heteroatoms. The minimum atomic E-state index is -0.527. The average Bonchev–Trinajstić information content (AvgIpc) is 2.23. The number of nitrogens with two attached hydrogens (primary N) is 1. The van der Waals surface area contributed by atoms with E-state index in [4.69, 9.17) is 5.73 Å². The van der Waals surface area contributed by atoms with Gasteiger partial charge in [-0.15, -0.1) is 0 Å². The Morgan fingerprint density at radius 2 is 2.20 bits per heavy atom. The highest BCUT2D eigenvalue weighted by atomic mass is 19.1. The Labute approximate surface area is 88.6 Å². The number of halogens is 2. The molecule has 0 saturated heterocycles. The van der Waals surface area contributed by atoms with Gasteiger partial charge in [0.1, 0.15) is 12.5 Å². The molecule has 15 heavy (non-hydrogen) atoms. The Bertz CT molecular complexity index is 359. The van der Waals surface area contributed by atoms with Crippen LogP contribution in [-0.4, -0.2) is 13.2 Å². The largest absolute Gasteiger partial charge is 0.327 e. The minimum Gasteiger partial charge on any atom is -0.327 e. The van der Waals surface area contributed by atoms with Gasteiger partial charge >= 0.3 is 0 Å². The summed E-state index contributed by atoms with van der Waals surface area (Å²) in [6, 6.07) is 5.02. The first kappa shape index (κ1) is 11.9. The first-order chi connectivity index (χ1) is 7.17. The highest BCUT2D eigenvalue weighted by molar-refractivity contribution is 5.27. The van der Waals surface area contributed by atoms with E-state index in [1.54, 1.807) is 13.0 Å². The molecule has 0 fully saturated rings. The lowest BCUT2D eigenvalue weighted by Gasteiger charge is -2.05. The van der Waals surface area contributed by atoms with E-state index in [1.165, 1.54) is 12.1 Å². The highest BCUT2D eigenvalue weighted by Gasteiger charge is 2.01. The number of rotatable bonds is 4. The van der Waals surface area contributed by atoms with Crippen LogP contribution in [0.25, 0.3) is 0 Å². The lowest BCUT2D eigenvalue weighted by atomic mass is 10.0. The topological polar surface area (TPSA) is 26.0 Å². The molecule has 0 atom stereocenters. The molecule has 1 nitrogen and oxygen atoms in total. The van der Waals surface area contributed by atoms with E-state index < -0.39 is 6.67 Å². The van der Waals surface area contributed by atoms with Crippen molar-refractivity contribution in [2.75, 3.05) is 13.2 Å². The van der Waals surface area contributed by atoms with Crippen molar-refractivity contribution in [2.24, 2.45) is 5.73 Å². The molecule has 0 spiro atoms. The fraction of sp³-hybridized carbons (Fsp3) is 0.333. The van der Waals surface area contributed by atoms with Gasteiger partial charge in [-0.1, -0.05) is 23.8 Å². The number of allylic oxidation sites excluding steroid dienone is 1. The minimum absolute atomic E-state index is 0.232. The predicted molar refractivity (Wildman–Crippen MR) is 58.0 cm³/mol. The van der Waals surface area contributed by atoms with Crippen molar-refractivity contribution in [3.05, 3.63) is 46.8 Å². The third kappa shape index (κ3) is 3.44. The van der Waals surface area contributed by atoms with Gasteiger partial charge in [0.25, 0.3) is 0 Å². The van der Waals surface area contributed by atoms with Crippen LogP contribution < -0.4 is 5.73 Å². The Balaban J connectivity index is 2.80. The number of alkyl halides is 1. The molecule has 0 radical (unpaired) electrons. The van der Waals surface area contributed by atoms with E-state index in [0.29, 0.717) is 18.5 Å². The zero-order valence-corrected chi connectivity index (χ0v) is 8.76. The molecule has 0 bridgehead atoms. The molecule has 0 heterocycles. The van der Waals surface area contributed by atoms with Crippen LogP contribution in [0.15, 0.2) is 29.8 Å². The van der Waals surface area contributed by atoms with Gasteiger partial charge in [-0.25, -0.2) is 8.78 Å². The van der Waals surface area contributed by atoms with Crippen molar-refractivity contribution in [1.29, 1.82) is 0 Å². The molecule has 1 aromatic rings. The van der Waals surface area contributed by atoms with Crippen molar-refractivity contribution in [1.82, 2.24) is 0 Å². The van der Waals surface area contributed by atoms with Gasteiger partial charge in [0.05, 0.1) is 0 Å². The van der Waals surface area contributed by atoms with Crippen LogP contribution >= 0.6 is 0 Å². The molecular weight excluding hydrogens is 196 g/mol. The molecule has 0 aromatic heterocycles. The highest BCUT2D eigenvalue weighted by Crippen LogP contribution is 2.12. The Hall–Kier alpha value is -1.22. The summed E-state index contributed by atoms with van der Waals surface area (Å²) in [5, 5.41) is 0. The van der Waals surface area contributed by atoms with Gasteiger partial charge in [0.2, 0.25) is 0 Å². The molecule has 0 unspecified atom stereocenters. The van der Waals surface area contributed by atoms with Crippen molar-refractivity contribution in [2.45, 2.75) is 13.3 Å². The third-order valence-electron chi connectivity index (χ3n) is 2.30. The molecule has 0 aliphatic rings. The fourth-order valence-corrected chi connectivity index (χ4v) is 1.35. The van der Waals surface area contributed by atoms with Gasteiger partial charge in [-0.05, 0) is 30.5 Å².